The Morgan fingerprint density at radius 3 is 2.53 bits per heavy atom. The van der Waals surface area contributed by atoms with Crippen molar-refractivity contribution in [3.63, 3.8) is 0 Å². The van der Waals surface area contributed by atoms with Crippen LogP contribution in [0.4, 0.5) is 0 Å². The molecular formula is C11H12Br2N2O2. The third kappa shape index (κ3) is 2.81. The van der Waals surface area contributed by atoms with Crippen LogP contribution in [-0.4, -0.2) is 19.6 Å². The van der Waals surface area contributed by atoms with Crippen molar-refractivity contribution in [3.8, 4) is 5.75 Å². The lowest BCUT2D eigenvalue weighted by molar-refractivity contribution is -0.123. The van der Waals surface area contributed by atoms with Gasteiger partial charge in [0.1, 0.15) is 11.9 Å². The first-order chi connectivity index (χ1) is 8.11. The Bertz CT molecular complexity index is 428. The number of halogens is 2. The second-order valence-corrected chi connectivity index (χ2v) is 5.43. The van der Waals surface area contributed by atoms with Crippen molar-refractivity contribution in [2.24, 2.45) is 0 Å². The van der Waals surface area contributed by atoms with E-state index in [9.17, 15) is 4.79 Å². The summed E-state index contributed by atoms with van der Waals surface area (Å²) in [6.07, 6.45) is 0.379. The number of rotatable bonds is 2. The van der Waals surface area contributed by atoms with Gasteiger partial charge in [-0.25, -0.2) is 0 Å². The number of hydrogen-bond donors (Lipinski definition) is 2. The lowest BCUT2D eigenvalue weighted by atomic mass is 10.1. The van der Waals surface area contributed by atoms with E-state index in [2.05, 4.69) is 42.5 Å². The summed E-state index contributed by atoms with van der Waals surface area (Å²) in [6, 6.07) is 3.87. The number of carbonyl (C=O) groups excluding carboxylic acids is 1. The predicted molar refractivity (Wildman–Crippen MR) is 71.9 cm³/mol. The number of hydrogen-bond acceptors (Lipinski definition) is 3. The van der Waals surface area contributed by atoms with Gasteiger partial charge in [0.2, 0.25) is 5.91 Å². The molecule has 0 bridgehead atoms. The predicted octanol–water partition coefficient (Wildman–Crippen LogP) is 2.33. The van der Waals surface area contributed by atoms with Crippen LogP contribution in [0.15, 0.2) is 21.1 Å². The van der Waals surface area contributed by atoms with Crippen molar-refractivity contribution < 1.29 is 9.53 Å². The standard InChI is InChI=1S/C11H12Br2N2O2/c1-17-10-7(12)4-6(5-8(10)13)11-14-3-2-9(16)15-11/h4-5,11,14H,2-3H2,1H3,(H,15,16)/t11-/m1/s1. The van der Waals surface area contributed by atoms with E-state index >= 15 is 0 Å². The maximum Gasteiger partial charge on any atom is 0.222 e. The Morgan fingerprint density at radius 1 is 1.35 bits per heavy atom. The van der Waals surface area contributed by atoms with Crippen LogP contribution in [0, 0.1) is 0 Å². The van der Waals surface area contributed by atoms with Gasteiger partial charge in [0.25, 0.3) is 0 Å². The van der Waals surface area contributed by atoms with Crippen LogP contribution < -0.4 is 15.4 Å². The van der Waals surface area contributed by atoms with Gasteiger partial charge in [0, 0.05) is 13.0 Å². The molecule has 1 fully saturated rings. The zero-order valence-electron chi connectivity index (χ0n) is 9.22. The maximum atomic E-state index is 11.3. The molecule has 1 atom stereocenters. The topological polar surface area (TPSA) is 50.4 Å². The molecule has 1 aromatic rings. The molecule has 1 saturated heterocycles. The summed E-state index contributed by atoms with van der Waals surface area (Å²) in [7, 11) is 1.62. The third-order valence-electron chi connectivity index (χ3n) is 2.56. The minimum atomic E-state index is -0.144. The second-order valence-electron chi connectivity index (χ2n) is 3.72. The van der Waals surface area contributed by atoms with Gasteiger partial charge < -0.3 is 10.1 Å². The van der Waals surface area contributed by atoms with Gasteiger partial charge in [-0.3, -0.25) is 10.1 Å². The summed E-state index contributed by atoms with van der Waals surface area (Å²) in [4.78, 5) is 11.3. The van der Waals surface area contributed by atoms with E-state index in [1.54, 1.807) is 7.11 Å². The average molecular weight is 364 g/mol. The van der Waals surface area contributed by atoms with Crippen molar-refractivity contribution in [3.05, 3.63) is 26.6 Å². The molecule has 4 nitrogen and oxygen atoms in total. The summed E-state index contributed by atoms with van der Waals surface area (Å²) in [5.74, 6) is 0.813. The van der Waals surface area contributed by atoms with E-state index in [4.69, 9.17) is 4.74 Å². The number of nitrogens with one attached hydrogen (secondary N) is 2. The summed E-state index contributed by atoms with van der Waals surface area (Å²) in [6.45, 7) is 0.692. The first-order valence-electron chi connectivity index (χ1n) is 5.17. The van der Waals surface area contributed by atoms with Gasteiger partial charge in [-0.1, -0.05) is 0 Å². The van der Waals surface area contributed by atoms with Crippen molar-refractivity contribution >= 4 is 37.8 Å². The molecule has 1 aliphatic heterocycles. The Hall–Kier alpha value is -0.590. The number of ether oxygens (including phenoxy) is 1. The molecule has 1 aliphatic rings. The molecular weight excluding hydrogens is 352 g/mol. The molecule has 0 unspecified atom stereocenters. The summed E-state index contributed by atoms with van der Waals surface area (Å²) in [5.41, 5.74) is 0.984. The summed E-state index contributed by atoms with van der Waals surface area (Å²) in [5, 5.41) is 6.14. The molecule has 1 aromatic carbocycles. The summed E-state index contributed by atoms with van der Waals surface area (Å²) >= 11 is 6.89. The number of methoxy groups -OCH3 is 1. The largest absolute Gasteiger partial charge is 0.494 e. The highest BCUT2D eigenvalue weighted by Crippen LogP contribution is 2.35. The average Bonchev–Trinajstić information content (AvgIpc) is 2.28. The van der Waals surface area contributed by atoms with E-state index < -0.39 is 0 Å². The minimum Gasteiger partial charge on any atom is -0.494 e. The van der Waals surface area contributed by atoms with Gasteiger partial charge in [-0.15, -0.1) is 0 Å². The molecule has 6 heteroatoms. The van der Waals surface area contributed by atoms with Crippen molar-refractivity contribution in [2.75, 3.05) is 13.7 Å². The van der Waals surface area contributed by atoms with E-state index in [-0.39, 0.29) is 12.1 Å². The second kappa shape index (κ2) is 5.37. The number of benzene rings is 1. The zero-order chi connectivity index (χ0) is 12.4. The van der Waals surface area contributed by atoms with Crippen LogP contribution in [0.2, 0.25) is 0 Å². The molecule has 17 heavy (non-hydrogen) atoms. The first-order valence-corrected chi connectivity index (χ1v) is 6.76. The SMILES string of the molecule is COc1c(Br)cc([C@@H]2NCCC(=O)N2)cc1Br. The quantitative estimate of drug-likeness (QED) is 0.847. The number of carbonyl (C=O) groups is 1. The smallest absolute Gasteiger partial charge is 0.222 e. The minimum absolute atomic E-state index is 0.0665. The molecule has 92 valence electrons. The first kappa shape index (κ1) is 12.9. The lowest BCUT2D eigenvalue weighted by Crippen LogP contribution is -2.44. The Kier molecular flexibility index (Phi) is 4.06. The number of amides is 1. The van der Waals surface area contributed by atoms with Crippen molar-refractivity contribution in [1.29, 1.82) is 0 Å². The summed E-state index contributed by atoms with van der Waals surface area (Å²) < 4.78 is 6.94. The van der Waals surface area contributed by atoms with Gasteiger partial charge in [0.05, 0.1) is 16.1 Å². The van der Waals surface area contributed by atoms with Crippen LogP contribution in [0.1, 0.15) is 18.2 Å². The fourth-order valence-electron chi connectivity index (χ4n) is 1.76. The highest BCUT2D eigenvalue weighted by molar-refractivity contribution is 9.11. The van der Waals surface area contributed by atoms with E-state index in [1.807, 2.05) is 12.1 Å². The van der Waals surface area contributed by atoms with Crippen molar-refractivity contribution in [1.82, 2.24) is 10.6 Å². The molecule has 2 N–H and O–H groups in total. The molecule has 0 aliphatic carbocycles. The third-order valence-corrected chi connectivity index (χ3v) is 3.74. The molecule has 0 aromatic heterocycles. The molecule has 2 rings (SSSR count). The maximum absolute atomic E-state index is 11.3. The van der Waals surface area contributed by atoms with Gasteiger partial charge in [0.15, 0.2) is 0 Å². The van der Waals surface area contributed by atoms with Crippen LogP contribution in [-0.2, 0) is 4.79 Å². The van der Waals surface area contributed by atoms with Crippen LogP contribution in [0.5, 0.6) is 5.75 Å². The normalized spacial score (nSPS) is 19.9. The molecule has 1 heterocycles. The Balaban J connectivity index is 2.30. The fourth-order valence-corrected chi connectivity index (χ4v) is 3.30. The molecule has 0 saturated carbocycles. The van der Waals surface area contributed by atoms with Crippen LogP contribution >= 0.6 is 31.9 Å². The monoisotopic (exact) mass is 362 g/mol. The van der Waals surface area contributed by atoms with E-state index in [1.165, 1.54) is 0 Å². The molecule has 0 radical (unpaired) electrons. The fraction of sp³-hybridized carbons (Fsp3) is 0.364. The van der Waals surface area contributed by atoms with Crippen molar-refractivity contribution in [2.45, 2.75) is 12.6 Å². The Morgan fingerprint density at radius 2 is 2.00 bits per heavy atom. The van der Waals surface area contributed by atoms with Gasteiger partial charge >= 0.3 is 0 Å². The van der Waals surface area contributed by atoms with E-state index in [0.29, 0.717) is 13.0 Å². The van der Waals surface area contributed by atoms with Crippen LogP contribution in [0.25, 0.3) is 0 Å². The van der Waals surface area contributed by atoms with Gasteiger partial charge in [-0.05, 0) is 49.6 Å². The van der Waals surface area contributed by atoms with Crippen LogP contribution in [0.3, 0.4) is 0 Å². The molecule has 0 spiro atoms. The lowest BCUT2D eigenvalue weighted by Gasteiger charge is -2.25. The Labute approximate surface area is 116 Å². The van der Waals surface area contributed by atoms with E-state index in [0.717, 1.165) is 20.3 Å². The zero-order valence-corrected chi connectivity index (χ0v) is 12.4. The van der Waals surface area contributed by atoms with Gasteiger partial charge in [-0.2, -0.15) is 0 Å². The molecule has 1 amide bonds. The highest BCUT2D eigenvalue weighted by atomic mass is 79.9. The highest BCUT2D eigenvalue weighted by Gasteiger charge is 2.20.